The fraction of sp³-hybridized carbons (Fsp3) is 0.143. The second-order valence-corrected chi connectivity index (χ2v) is 5.75. The smallest absolute Gasteiger partial charge is 0.259 e. The molecule has 0 fully saturated rings. The third-order valence-electron chi connectivity index (χ3n) is 2.83. The Hall–Kier alpha value is -1.99. The Labute approximate surface area is 139 Å². The molecule has 1 atom stereocenters. The molecular weight excluding hydrogens is 372 g/mol. The number of ether oxygens (including phenoxy) is 1. The molecule has 22 heavy (non-hydrogen) atoms. The van der Waals surface area contributed by atoms with Crippen molar-refractivity contribution in [3.63, 3.8) is 0 Å². The zero-order chi connectivity index (χ0) is 15.5. The van der Waals surface area contributed by atoms with Gasteiger partial charge in [0.05, 0.1) is 23.0 Å². The van der Waals surface area contributed by atoms with Crippen LogP contribution in [0.5, 0.6) is 5.75 Å². The van der Waals surface area contributed by atoms with E-state index in [9.17, 15) is 0 Å². The molecule has 1 aromatic carbocycles. The number of halogens is 2. The van der Waals surface area contributed by atoms with Crippen molar-refractivity contribution >= 4 is 27.5 Å². The van der Waals surface area contributed by atoms with Gasteiger partial charge in [0.25, 0.3) is 5.89 Å². The molecular formula is C14H10BrClN4O2. The zero-order valence-corrected chi connectivity index (χ0v) is 13.7. The molecule has 2 heterocycles. The molecule has 3 aromatic rings. The van der Waals surface area contributed by atoms with Crippen molar-refractivity contribution in [1.82, 2.24) is 20.3 Å². The van der Waals surface area contributed by atoms with Crippen molar-refractivity contribution in [3.8, 4) is 17.2 Å². The van der Waals surface area contributed by atoms with Gasteiger partial charge in [-0.25, -0.2) is 0 Å². The van der Waals surface area contributed by atoms with Gasteiger partial charge in [0, 0.05) is 4.47 Å². The van der Waals surface area contributed by atoms with Crippen molar-refractivity contribution in [3.05, 3.63) is 52.0 Å². The predicted molar refractivity (Wildman–Crippen MR) is 83.5 cm³/mol. The van der Waals surface area contributed by atoms with Crippen molar-refractivity contribution in [2.24, 2.45) is 0 Å². The van der Waals surface area contributed by atoms with Gasteiger partial charge in [0.15, 0.2) is 6.10 Å². The molecule has 112 valence electrons. The number of benzene rings is 1. The van der Waals surface area contributed by atoms with E-state index in [2.05, 4.69) is 36.3 Å². The molecule has 0 radical (unpaired) electrons. The zero-order valence-electron chi connectivity index (χ0n) is 11.4. The minimum Gasteiger partial charge on any atom is -0.481 e. The molecule has 0 saturated heterocycles. The summed E-state index contributed by atoms with van der Waals surface area (Å²) in [6, 6.07) is 7.12. The highest BCUT2D eigenvalue weighted by molar-refractivity contribution is 9.10. The Morgan fingerprint density at radius 1 is 1.27 bits per heavy atom. The second kappa shape index (κ2) is 6.41. The Bertz CT molecular complexity index is 782. The van der Waals surface area contributed by atoms with Gasteiger partial charge in [-0.05, 0) is 31.2 Å². The van der Waals surface area contributed by atoms with E-state index in [4.69, 9.17) is 20.9 Å². The molecule has 0 amide bonds. The minimum atomic E-state index is -0.411. The highest BCUT2D eigenvalue weighted by Gasteiger charge is 2.17. The Morgan fingerprint density at radius 3 is 2.86 bits per heavy atom. The molecule has 6 nitrogen and oxygen atoms in total. The summed E-state index contributed by atoms with van der Waals surface area (Å²) in [6.45, 7) is 1.82. The first-order chi connectivity index (χ1) is 10.6. The molecule has 0 aliphatic rings. The summed E-state index contributed by atoms with van der Waals surface area (Å²) in [6.07, 6.45) is 2.70. The molecule has 8 heteroatoms. The number of hydrogen-bond acceptors (Lipinski definition) is 6. The van der Waals surface area contributed by atoms with E-state index >= 15 is 0 Å². The number of aromatic nitrogens is 4. The fourth-order valence-corrected chi connectivity index (χ4v) is 2.47. The van der Waals surface area contributed by atoms with Gasteiger partial charge in [0.1, 0.15) is 5.75 Å². The van der Waals surface area contributed by atoms with Gasteiger partial charge in [-0.1, -0.05) is 32.7 Å². The quantitative estimate of drug-likeness (QED) is 0.678. The summed E-state index contributed by atoms with van der Waals surface area (Å²) < 4.78 is 11.9. The van der Waals surface area contributed by atoms with Crippen molar-refractivity contribution in [2.45, 2.75) is 13.0 Å². The van der Waals surface area contributed by atoms with Crippen LogP contribution in [0, 0.1) is 0 Å². The fourth-order valence-electron chi connectivity index (χ4n) is 1.75. The summed E-state index contributed by atoms with van der Waals surface area (Å²) in [4.78, 5) is 4.30. The van der Waals surface area contributed by atoms with E-state index < -0.39 is 6.10 Å². The maximum atomic E-state index is 6.13. The van der Waals surface area contributed by atoms with Gasteiger partial charge in [0.2, 0.25) is 5.82 Å². The lowest BCUT2D eigenvalue weighted by atomic mass is 10.3. The monoisotopic (exact) mass is 380 g/mol. The maximum Gasteiger partial charge on any atom is 0.259 e. The highest BCUT2D eigenvalue weighted by Crippen LogP contribution is 2.31. The lowest BCUT2D eigenvalue weighted by Gasteiger charge is -2.12. The van der Waals surface area contributed by atoms with Crippen LogP contribution in [0.1, 0.15) is 18.9 Å². The van der Waals surface area contributed by atoms with Crippen LogP contribution in [0.15, 0.2) is 45.7 Å². The van der Waals surface area contributed by atoms with Gasteiger partial charge >= 0.3 is 0 Å². The van der Waals surface area contributed by atoms with E-state index in [1.165, 1.54) is 0 Å². The van der Waals surface area contributed by atoms with E-state index in [1.807, 2.05) is 13.0 Å². The molecule has 3 rings (SSSR count). The van der Waals surface area contributed by atoms with Crippen LogP contribution in [-0.2, 0) is 0 Å². The Kier molecular flexibility index (Phi) is 4.35. The molecule has 0 N–H and O–H groups in total. The molecule has 0 saturated carbocycles. The molecule has 1 unspecified atom stereocenters. The molecule has 2 aromatic heterocycles. The van der Waals surface area contributed by atoms with Crippen LogP contribution in [-0.4, -0.2) is 20.3 Å². The summed E-state index contributed by atoms with van der Waals surface area (Å²) in [5.74, 6) is 1.34. The van der Waals surface area contributed by atoms with Gasteiger partial charge < -0.3 is 9.26 Å². The maximum absolute atomic E-state index is 6.13. The molecule has 0 aliphatic heterocycles. The third kappa shape index (κ3) is 3.26. The van der Waals surface area contributed by atoms with Crippen LogP contribution in [0.2, 0.25) is 5.02 Å². The lowest BCUT2D eigenvalue weighted by molar-refractivity contribution is 0.211. The summed E-state index contributed by atoms with van der Waals surface area (Å²) >= 11 is 9.47. The number of hydrogen-bond donors (Lipinski definition) is 0. The average molecular weight is 382 g/mol. The van der Waals surface area contributed by atoms with E-state index in [1.54, 1.807) is 30.6 Å². The van der Waals surface area contributed by atoms with Gasteiger partial charge in [-0.3, -0.25) is 0 Å². The second-order valence-electron chi connectivity index (χ2n) is 4.42. The van der Waals surface area contributed by atoms with Crippen LogP contribution in [0.3, 0.4) is 0 Å². The molecule has 0 aliphatic carbocycles. The molecule has 0 bridgehead atoms. The third-order valence-corrected chi connectivity index (χ3v) is 3.62. The summed E-state index contributed by atoms with van der Waals surface area (Å²) in [7, 11) is 0. The average Bonchev–Trinajstić information content (AvgIpc) is 3.01. The van der Waals surface area contributed by atoms with Crippen molar-refractivity contribution < 1.29 is 9.26 Å². The minimum absolute atomic E-state index is 0.363. The SMILES string of the molecule is CC(Oc1ccc(Br)cc1Cl)c1noc(-c2ccnnc2)n1. The van der Waals surface area contributed by atoms with Crippen LogP contribution < -0.4 is 4.74 Å². The first kappa shape index (κ1) is 14.9. The van der Waals surface area contributed by atoms with Crippen molar-refractivity contribution in [1.29, 1.82) is 0 Å². The number of nitrogens with zero attached hydrogens (tertiary/aromatic N) is 4. The number of rotatable bonds is 4. The Balaban J connectivity index is 1.78. The van der Waals surface area contributed by atoms with Crippen molar-refractivity contribution in [2.75, 3.05) is 0 Å². The first-order valence-electron chi connectivity index (χ1n) is 6.36. The van der Waals surface area contributed by atoms with Crippen LogP contribution in [0.4, 0.5) is 0 Å². The highest BCUT2D eigenvalue weighted by atomic mass is 79.9. The van der Waals surface area contributed by atoms with Gasteiger partial charge in [-0.15, -0.1) is 0 Å². The van der Waals surface area contributed by atoms with E-state index in [-0.39, 0.29) is 0 Å². The largest absolute Gasteiger partial charge is 0.481 e. The first-order valence-corrected chi connectivity index (χ1v) is 7.53. The van der Waals surface area contributed by atoms with E-state index in [0.717, 1.165) is 4.47 Å². The molecule has 0 spiro atoms. The van der Waals surface area contributed by atoms with E-state index in [0.29, 0.717) is 28.1 Å². The standard InChI is InChI=1S/C14H10BrClN4O2/c1-8(21-12-3-2-10(15)6-11(12)16)13-19-14(22-20-13)9-4-5-17-18-7-9/h2-8H,1H3. The van der Waals surface area contributed by atoms with Gasteiger partial charge in [-0.2, -0.15) is 15.2 Å². The summed E-state index contributed by atoms with van der Waals surface area (Å²) in [5.41, 5.74) is 0.697. The van der Waals surface area contributed by atoms with Crippen LogP contribution >= 0.6 is 27.5 Å². The Morgan fingerprint density at radius 2 is 2.14 bits per heavy atom. The summed E-state index contributed by atoms with van der Waals surface area (Å²) in [5, 5.41) is 11.9. The lowest BCUT2D eigenvalue weighted by Crippen LogP contribution is -2.05. The predicted octanol–water partition coefficient (Wildman–Crippen LogP) is 4.08. The normalized spacial score (nSPS) is 12.1. The van der Waals surface area contributed by atoms with Crippen LogP contribution in [0.25, 0.3) is 11.5 Å². The topological polar surface area (TPSA) is 73.9 Å².